The Morgan fingerprint density at radius 2 is 2.11 bits per heavy atom. The first-order valence-electron chi connectivity index (χ1n) is 7.26. The number of piperidine rings is 1. The molecule has 1 fully saturated rings. The molecule has 1 unspecified atom stereocenters. The van der Waals surface area contributed by atoms with Crippen LogP contribution in [0, 0.1) is 5.92 Å². The highest BCUT2D eigenvalue weighted by Crippen LogP contribution is 2.12. The Hall–Kier alpha value is -0.610. The number of nitrogens with zero attached hydrogens (tertiary/aromatic N) is 2. The van der Waals surface area contributed by atoms with Crippen LogP contribution < -0.4 is 5.32 Å². The lowest BCUT2D eigenvalue weighted by Crippen LogP contribution is -2.40. The summed E-state index contributed by atoms with van der Waals surface area (Å²) in [4.78, 5) is 15.8. The minimum atomic E-state index is 0.234. The van der Waals surface area contributed by atoms with E-state index < -0.39 is 0 Å². The molecule has 1 heterocycles. The van der Waals surface area contributed by atoms with Crippen molar-refractivity contribution in [2.24, 2.45) is 5.92 Å². The molecule has 0 aromatic rings. The van der Waals surface area contributed by atoms with Crippen LogP contribution in [0.25, 0.3) is 0 Å². The number of carbonyl (C=O) groups excluding carboxylic acids is 1. The molecule has 4 nitrogen and oxygen atoms in total. The SMILES string of the molecule is CCCN(CCC(=O)N(C)C)CC1CCCNC1. The van der Waals surface area contributed by atoms with Gasteiger partial charge in [0.1, 0.15) is 0 Å². The van der Waals surface area contributed by atoms with E-state index in [1.54, 1.807) is 4.90 Å². The third kappa shape index (κ3) is 5.83. The number of carbonyl (C=O) groups is 1. The van der Waals surface area contributed by atoms with E-state index in [1.807, 2.05) is 14.1 Å². The molecule has 0 spiro atoms. The molecule has 1 aliphatic heterocycles. The minimum Gasteiger partial charge on any atom is -0.349 e. The van der Waals surface area contributed by atoms with Gasteiger partial charge < -0.3 is 15.1 Å². The molecule has 4 heteroatoms. The van der Waals surface area contributed by atoms with Crippen molar-refractivity contribution in [2.45, 2.75) is 32.6 Å². The lowest BCUT2D eigenvalue weighted by Gasteiger charge is -2.30. The Balaban J connectivity index is 2.31. The Morgan fingerprint density at radius 1 is 1.33 bits per heavy atom. The average molecular weight is 255 g/mol. The predicted octanol–water partition coefficient (Wildman–Crippen LogP) is 1.18. The van der Waals surface area contributed by atoms with Gasteiger partial charge in [0.25, 0.3) is 0 Å². The van der Waals surface area contributed by atoms with Gasteiger partial charge in [-0.05, 0) is 44.8 Å². The van der Waals surface area contributed by atoms with Crippen LogP contribution >= 0.6 is 0 Å². The summed E-state index contributed by atoms with van der Waals surface area (Å²) in [6.07, 6.45) is 4.43. The average Bonchev–Trinajstić information content (AvgIpc) is 2.37. The summed E-state index contributed by atoms with van der Waals surface area (Å²) in [5.41, 5.74) is 0. The quantitative estimate of drug-likeness (QED) is 0.742. The van der Waals surface area contributed by atoms with Crippen LogP contribution in [-0.4, -0.2) is 62.5 Å². The number of nitrogens with one attached hydrogen (secondary N) is 1. The predicted molar refractivity (Wildman–Crippen MR) is 75.6 cm³/mol. The lowest BCUT2D eigenvalue weighted by atomic mass is 9.99. The van der Waals surface area contributed by atoms with E-state index in [4.69, 9.17) is 0 Å². The van der Waals surface area contributed by atoms with Gasteiger partial charge in [0, 0.05) is 33.6 Å². The first-order chi connectivity index (χ1) is 8.63. The molecule has 1 atom stereocenters. The Labute approximate surface area is 112 Å². The van der Waals surface area contributed by atoms with Crippen LogP contribution in [-0.2, 0) is 4.79 Å². The van der Waals surface area contributed by atoms with E-state index in [0.717, 1.165) is 38.5 Å². The topological polar surface area (TPSA) is 35.6 Å². The molecular weight excluding hydrogens is 226 g/mol. The second-order valence-corrected chi connectivity index (χ2v) is 5.55. The molecule has 1 saturated heterocycles. The maximum atomic E-state index is 11.6. The third-order valence-corrected chi connectivity index (χ3v) is 3.60. The van der Waals surface area contributed by atoms with E-state index in [1.165, 1.54) is 19.4 Å². The molecule has 0 aromatic carbocycles. The van der Waals surface area contributed by atoms with Crippen LogP contribution in [0.2, 0.25) is 0 Å². The van der Waals surface area contributed by atoms with Gasteiger partial charge in [0.05, 0.1) is 0 Å². The van der Waals surface area contributed by atoms with Crippen molar-refractivity contribution < 1.29 is 4.79 Å². The zero-order valence-corrected chi connectivity index (χ0v) is 12.2. The molecule has 0 radical (unpaired) electrons. The Bertz CT molecular complexity index is 237. The molecular formula is C14H29N3O. The highest BCUT2D eigenvalue weighted by atomic mass is 16.2. The van der Waals surface area contributed by atoms with Crippen LogP contribution in [0.5, 0.6) is 0 Å². The van der Waals surface area contributed by atoms with E-state index in [9.17, 15) is 4.79 Å². The maximum absolute atomic E-state index is 11.6. The van der Waals surface area contributed by atoms with Crippen molar-refractivity contribution in [3.05, 3.63) is 0 Å². The summed E-state index contributed by atoms with van der Waals surface area (Å²) >= 11 is 0. The number of hydrogen-bond donors (Lipinski definition) is 1. The Morgan fingerprint density at radius 3 is 2.67 bits per heavy atom. The van der Waals surface area contributed by atoms with Gasteiger partial charge >= 0.3 is 0 Å². The van der Waals surface area contributed by atoms with Crippen LogP contribution in [0.1, 0.15) is 32.6 Å². The van der Waals surface area contributed by atoms with Gasteiger partial charge in [-0.2, -0.15) is 0 Å². The molecule has 0 aromatic heterocycles. The smallest absolute Gasteiger partial charge is 0.223 e. The molecule has 0 aliphatic carbocycles. The summed E-state index contributed by atoms with van der Waals surface area (Å²) in [7, 11) is 3.66. The van der Waals surface area contributed by atoms with Crippen molar-refractivity contribution in [1.82, 2.24) is 15.1 Å². The summed E-state index contributed by atoms with van der Waals surface area (Å²) in [6, 6.07) is 0. The van der Waals surface area contributed by atoms with Gasteiger partial charge in [0.15, 0.2) is 0 Å². The highest BCUT2D eigenvalue weighted by molar-refractivity contribution is 5.75. The molecule has 1 amide bonds. The fraction of sp³-hybridized carbons (Fsp3) is 0.929. The lowest BCUT2D eigenvalue weighted by molar-refractivity contribution is -0.129. The molecule has 1 rings (SSSR count). The van der Waals surface area contributed by atoms with Gasteiger partial charge in [-0.3, -0.25) is 4.79 Å². The number of hydrogen-bond acceptors (Lipinski definition) is 3. The van der Waals surface area contributed by atoms with Gasteiger partial charge in [-0.15, -0.1) is 0 Å². The van der Waals surface area contributed by atoms with Gasteiger partial charge in [-0.25, -0.2) is 0 Å². The molecule has 18 heavy (non-hydrogen) atoms. The maximum Gasteiger partial charge on any atom is 0.223 e. The second kappa shape index (κ2) is 8.48. The second-order valence-electron chi connectivity index (χ2n) is 5.55. The minimum absolute atomic E-state index is 0.234. The molecule has 106 valence electrons. The zero-order chi connectivity index (χ0) is 13.4. The van der Waals surface area contributed by atoms with E-state index in [-0.39, 0.29) is 5.91 Å². The van der Waals surface area contributed by atoms with Crippen LogP contribution in [0.3, 0.4) is 0 Å². The van der Waals surface area contributed by atoms with Crippen molar-refractivity contribution in [3.63, 3.8) is 0 Å². The number of rotatable bonds is 7. The monoisotopic (exact) mass is 255 g/mol. The van der Waals surface area contributed by atoms with Crippen molar-refractivity contribution in [1.29, 1.82) is 0 Å². The molecule has 0 saturated carbocycles. The number of amides is 1. The standard InChI is InChI=1S/C14H29N3O/c1-4-9-17(10-7-14(18)16(2)3)12-13-6-5-8-15-11-13/h13,15H,4-12H2,1-3H3. The molecule has 0 bridgehead atoms. The first kappa shape index (κ1) is 15.4. The third-order valence-electron chi connectivity index (χ3n) is 3.60. The largest absolute Gasteiger partial charge is 0.349 e. The van der Waals surface area contributed by atoms with E-state index in [2.05, 4.69) is 17.1 Å². The fourth-order valence-electron chi connectivity index (χ4n) is 2.53. The summed E-state index contributed by atoms with van der Waals surface area (Å²) in [5, 5.41) is 3.46. The van der Waals surface area contributed by atoms with Gasteiger partial charge in [0.2, 0.25) is 5.91 Å². The van der Waals surface area contributed by atoms with E-state index in [0.29, 0.717) is 6.42 Å². The first-order valence-corrected chi connectivity index (χ1v) is 7.26. The molecule has 1 aliphatic rings. The summed E-state index contributed by atoms with van der Waals surface area (Å²) < 4.78 is 0. The summed E-state index contributed by atoms with van der Waals surface area (Å²) in [5.74, 6) is 0.998. The van der Waals surface area contributed by atoms with Crippen LogP contribution in [0.4, 0.5) is 0 Å². The highest BCUT2D eigenvalue weighted by Gasteiger charge is 2.17. The summed E-state index contributed by atoms with van der Waals surface area (Å²) in [6.45, 7) is 7.67. The van der Waals surface area contributed by atoms with Crippen LogP contribution in [0.15, 0.2) is 0 Å². The van der Waals surface area contributed by atoms with Gasteiger partial charge in [-0.1, -0.05) is 6.92 Å². The zero-order valence-electron chi connectivity index (χ0n) is 12.2. The van der Waals surface area contributed by atoms with Crippen molar-refractivity contribution >= 4 is 5.91 Å². The Kier molecular flexibility index (Phi) is 7.28. The molecule has 1 N–H and O–H groups in total. The normalized spacial score (nSPS) is 20.1. The van der Waals surface area contributed by atoms with Crippen molar-refractivity contribution in [3.8, 4) is 0 Å². The van der Waals surface area contributed by atoms with Crippen molar-refractivity contribution in [2.75, 3.05) is 46.8 Å². The van der Waals surface area contributed by atoms with E-state index >= 15 is 0 Å². The fourth-order valence-corrected chi connectivity index (χ4v) is 2.53.